The number of aliphatic carboxylic acids is 1. The lowest BCUT2D eigenvalue weighted by atomic mass is 9.79. The molecular weight excluding hydrogens is 393 g/mol. The summed E-state index contributed by atoms with van der Waals surface area (Å²) in [7, 11) is 0. The lowest BCUT2D eigenvalue weighted by molar-refractivity contribution is -0.192. The predicted octanol–water partition coefficient (Wildman–Crippen LogP) is 1.87. The van der Waals surface area contributed by atoms with Gasteiger partial charge in [-0.3, -0.25) is 4.79 Å². The molecule has 0 spiro atoms. The number of nitrogens with zero attached hydrogens (tertiary/aromatic N) is 3. The summed E-state index contributed by atoms with van der Waals surface area (Å²) in [6.45, 7) is 6.34. The average molecular weight is 418 g/mol. The molecule has 2 fully saturated rings. The molecule has 29 heavy (non-hydrogen) atoms. The SMILES string of the molecule is CC(C)NC(=O)[C@@H]1CCO[C@@H]2CCN(c3ncccn3)C[C@@H]21.O=C(O)C(F)(F)F. The van der Waals surface area contributed by atoms with Gasteiger partial charge in [0.25, 0.3) is 0 Å². The summed E-state index contributed by atoms with van der Waals surface area (Å²) in [6, 6.07) is 1.99. The highest BCUT2D eigenvalue weighted by molar-refractivity contribution is 5.79. The van der Waals surface area contributed by atoms with Crippen LogP contribution in [0.5, 0.6) is 0 Å². The first-order chi connectivity index (χ1) is 13.6. The van der Waals surface area contributed by atoms with Gasteiger partial charge in [0.2, 0.25) is 11.9 Å². The lowest BCUT2D eigenvalue weighted by Gasteiger charge is -2.44. The zero-order valence-electron chi connectivity index (χ0n) is 16.2. The van der Waals surface area contributed by atoms with Crippen molar-refractivity contribution in [1.29, 1.82) is 0 Å². The number of carboxylic acids is 1. The number of nitrogens with one attached hydrogen (secondary N) is 1. The second-order valence-corrected chi connectivity index (χ2v) is 7.22. The molecule has 0 aromatic carbocycles. The highest BCUT2D eigenvalue weighted by Crippen LogP contribution is 2.34. The first kappa shape index (κ1) is 22.9. The second kappa shape index (κ2) is 9.86. The number of anilines is 1. The van der Waals surface area contributed by atoms with Crippen LogP contribution in [0.3, 0.4) is 0 Å². The van der Waals surface area contributed by atoms with Gasteiger partial charge in [-0.15, -0.1) is 0 Å². The predicted molar refractivity (Wildman–Crippen MR) is 97.2 cm³/mol. The smallest absolute Gasteiger partial charge is 0.475 e. The van der Waals surface area contributed by atoms with E-state index >= 15 is 0 Å². The van der Waals surface area contributed by atoms with E-state index in [9.17, 15) is 18.0 Å². The minimum atomic E-state index is -5.08. The number of hydrogen-bond donors (Lipinski definition) is 2. The van der Waals surface area contributed by atoms with Crippen LogP contribution in [0.25, 0.3) is 0 Å². The summed E-state index contributed by atoms with van der Waals surface area (Å²) in [5, 5.41) is 10.2. The Morgan fingerprint density at radius 2 is 1.90 bits per heavy atom. The molecule has 0 bridgehead atoms. The van der Waals surface area contributed by atoms with Gasteiger partial charge in [0.1, 0.15) is 0 Å². The molecule has 0 radical (unpaired) electrons. The summed E-state index contributed by atoms with van der Waals surface area (Å²) in [5.41, 5.74) is 0. The molecule has 162 valence electrons. The van der Waals surface area contributed by atoms with Gasteiger partial charge in [-0.2, -0.15) is 13.2 Å². The second-order valence-electron chi connectivity index (χ2n) is 7.22. The number of aromatic nitrogens is 2. The molecule has 3 atom stereocenters. The molecule has 2 N–H and O–H groups in total. The van der Waals surface area contributed by atoms with Crippen molar-refractivity contribution in [3.8, 4) is 0 Å². The highest BCUT2D eigenvalue weighted by atomic mass is 19.4. The maximum Gasteiger partial charge on any atom is 0.490 e. The molecule has 0 unspecified atom stereocenters. The van der Waals surface area contributed by atoms with E-state index in [4.69, 9.17) is 14.6 Å². The Bertz CT molecular complexity index is 687. The van der Waals surface area contributed by atoms with Crippen molar-refractivity contribution in [3.05, 3.63) is 18.5 Å². The van der Waals surface area contributed by atoms with E-state index < -0.39 is 12.1 Å². The molecule has 3 heterocycles. The molecule has 1 aromatic heterocycles. The van der Waals surface area contributed by atoms with Crippen molar-refractivity contribution in [2.24, 2.45) is 11.8 Å². The molecular formula is C18H25F3N4O4. The zero-order valence-corrected chi connectivity index (χ0v) is 16.2. The van der Waals surface area contributed by atoms with E-state index in [-0.39, 0.29) is 29.9 Å². The number of carbonyl (C=O) groups excluding carboxylic acids is 1. The third-order valence-corrected chi connectivity index (χ3v) is 4.72. The van der Waals surface area contributed by atoms with E-state index in [1.165, 1.54) is 0 Å². The monoisotopic (exact) mass is 418 g/mol. The Morgan fingerprint density at radius 3 is 2.45 bits per heavy atom. The third kappa shape index (κ3) is 6.55. The maximum atomic E-state index is 12.5. The van der Waals surface area contributed by atoms with Crippen LogP contribution in [-0.4, -0.2) is 65.0 Å². The van der Waals surface area contributed by atoms with E-state index in [0.29, 0.717) is 6.61 Å². The van der Waals surface area contributed by atoms with Crippen LogP contribution >= 0.6 is 0 Å². The van der Waals surface area contributed by atoms with Crippen molar-refractivity contribution in [2.45, 2.75) is 45.0 Å². The number of fused-ring (bicyclic) bond motifs is 1. The molecule has 11 heteroatoms. The summed E-state index contributed by atoms with van der Waals surface area (Å²) in [4.78, 5) is 32.2. The number of rotatable bonds is 3. The van der Waals surface area contributed by atoms with Crippen molar-refractivity contribution >= 4 is 17.8 Å². The fourth-order valence-electron chi connectivity index (χ4n) is 3.47. The molecule has 1 aromatic rings. The van der Waals surface area contributed by atoms with Crippen LogP contribution in [0, 0.1) is 11.8 Å². The Hall–Kier alpha value is -2.43. The molecule has 0 saturated carbocycles. The number of amides is 1. The minimum Gasteiger partial charge on any atom is -0.475 e. The maximum absolute atomic E-state index is 12.5. The van der Waals surface area contributed by atoms with Gasteiger partial charge >= 0.3 is 12.1 Å². The average Bonchev–Trinajstić information content (AvgIpc) is 2.67. The topological polar surface area (TPSA) is 105 Å². The van der Waals surface area contributed by atoms with Crippen LogP contribution in [0.4, 0.5) is 19.1 Å². The minimum absolute atomic E-state index is 0.0210. The molecule has 3 rings (SSSR count). The summed E-state index contributed by atoms with van der Waals surface area (Å²) >= 11 is 0. The first-order valence-corrected chi connectivity index (χ1v) is 9.33. The van der Waals surface area contributed by atoms with Crippen molar-refractivity contribution < 1.29 is 32.6 Å². The lowest BCUT2D eigenvalue weighted by Crippen LogP contribution is -2.54. The van der Waals surface area contributed by atoms with Gasteiger partial charge in [-0.25, -0.2) is 14.8 Å². The number of ether oxygens (including phenoxy) is 1. The zero-order chi connectivity index (χ0) is 21.6. The number of piperidine rings is 1. The Balaban J connectivity index is 0.000000370. The van der Waals surface area contributed by atoms with E-state index in [0.717, 1.165) is 31.9 Å². The molecule has 0 aliphatic carbocycles. The molecule has 2 aliphatic heterocycles. The van der Waals surface area contributed by atoms with Gasteiger partial charge in [-0.1, -0.05) is 0 Å². The van der Waals surface area contributed by atoms with Gasteiger partial charge in [0.15, 0.2) is 0 Å². The number of carboxylic acid groups (broad SMARTS) is 1. The normalized spacial score (nSPS) is 24.2. The van der Waals surface area contributed by atoms with Crippen LogP contribution in [-0.2, 0) is 14.3 Å². The Kier molecular flexibility index (Phi) is 7.77. The molecule has 8 nitrogen and oxygen atoms in total. The van der Waals surface area contributed by atoms with Gasteiger partial charge in [0, 0.05) is 50.0 Å². The van der Waals surface area contributed by atoms with Gasteiger partial charge < -0.3 is 20.1 Å². The van der Waals surface area contributed by atoms with Crippen LogP contribution in [0.15, 0.2) is 18.5 Å². The van der Waals surface area contributed by atoms with Gasteiger partial charge in [-0.05, 0) is 32.8 Å². The number of halogens is 3. The number of carbonyl (C=O) groups is 2. The van der Waals surface area contributed by atoms with Crippen molar-refractivity contribution in [1.82, 2.24) is 15.3 Å². The van der Waals surface area contributed by atoms with Crippen molar-refractivity contribution in [3.63, 3.8) is 0 Å². The highest BCUT2D eigenvalue weighted by Gasteiger charge is 2.42. The van der Waals surface area contributed by atoms with E-state index in [1.54, 1.807) is 12.4 Å². The molecule has 2 saturated heterocycles. The Labute approximate surface area is 166 Å². The van der Waals surface area contributed by atoms with E-state index in [2.05, 4.69) is 20.2 Å². The number of hydrogen-bond acceptors (Lipinski definition) is 6. The third-order valence-electron chi connectivity index (χ3n) is 4.72. The largest absolute Gasteiger partial charge is 0.490 e. The molecule has 1 amide bonds. The summed E-state index contributed by atoms with van der Waals surface area (Å²) in [5.74, 6) is -1.62. The Morgan fingerprint density at radius 1 is 1.28 bits per heavy atom. The fourth-order valence-corrected chi connectivity index (χ4v) is 3.47. The quantitative estimate of drug-likeness (QED) is 0.772. The fraction of sp³-hybridized carbons (Fsp3) is 0.667. The van der Waals surface area contributed by atoms with Crippen LogP contribution in [0.1, 0.15) is 26.7 Å². The summed E-state index contributed by atoms with van der Waals surface area (Å²) < 4.78 is 37.6. The number of alkyl halides is 3. The van der Waals surface area contributed by atoms with Gasteiger partial charge in [0.05, 0.1) is 6.10 Å². The van der Waals surface area contributed by atoms with E-state index in [1.807, 2.05) is 19.9 Å². The summed E-state index contributed by atoms with van der Waals surface area (Å²) in [6.07, 6.45) is 0.331. The van der Waals surface area contributed by atoms with Crippen molar-refractivity contribution in [2.75, 3.05) is 24.6 Å². The first-order valence-electron chi connectivity index (χ1n) is 9.33. The van der Waals surface area contributed by atoms with Crippen LogP contribution < -0.4 is 10.2 Å². The van der Waals surface area contributed by atoms with Crippen LogP contribution in [0.2, 0.25) is 0 Å². The standard InChI is InChI=1S/C16H24N4O2.C2HF3O2/c1-11(2)19-15(21)12-5-9-22-14-4-8-20(10-13(12)14)16-17-6-3-7-18-16;3-2(4,5)1(6)7/h3,6-7,11-14H,4-5,8-10H2,1-2H3,(H,19,21);(H,6,7)/t12-,13-,14-;/m1./s1. The molecule has 2 aliphatic rings.